The lowest BCUT2D eigenvalue weighted by Gasteiger charge is -2.75. The second kappa shape index (κ2) is 7.33. The Morgan fingerprint density at radius 3 is 2.50 bits per heavy atom. The molecule has 8 rings (SSSR count). The molecule has 1 aromatic rings. The minimum absolute atomic E-state index is 0. The van der Waals surface area contributed by atoms with Gasteiger partial charge >= 0.3 is 0 Å². The summed E-state index contributed by atoms with van der Waals surface area (Å²) in [6.45, 7) is 11.0. The highest BCUT2D eigenvalue weighted by Gasteiger charge is 2.84. The Hall–Kier alpha value is -0.570. The van der Waals surface area contributed by atoms with Crippen LogP contribution in [0, 0.1) is 22.7 Å². The van der Waals surface area contributed by atoms with Crippen LogP contribution in [-0.4, -0.2) is 65.3 Å². The Morgan fingerprint density at radius 1 is 1.14 bits per heavy atom. The molecule has 6 heteroatoms. The molecule has 1 saturated heterocycles. The van der Waals surface area contributed by atoms with Crippen LogP contribution >= 0.6 is 0 Å². The summed E-state index contributed by atoms with van der Waals surface area (Å²) < 4.78 is 14.7. The molecule has 200 valence electrons. The van der Waals surface area contributed by atoms with Crippen molar-refractivity contribution in [1.82, 2.24) is 0 Å². The third-order valence-corrected chi connectivity index (χ3v) is 12.6. The number of phenols is 1. The predicted octanol–water partition coefficient (Wildman–Crippen LogP) is 1.56. The molecule has 7 aliphatic rings. The predicted molar refractivity (Wildman–Crippen MR) is 135 cm³/mol. The zero-order chi connectivity index (χ0) is 24.8. The average molecular weight is 610 g/mol. The van der Waals surface area contributed by atoms with Gasteiger partial charge in [-0.1, -0.05) is 26.8 Å². The molecular weight excluding hydrogens is 565 g/mol. The van der Waals surface area contributed by atoms with Crippen molar-refractivity contribution < 1.29 is 48.1 Å². The van der Waals surface area contributed by atoms with Crippen LogP contribution in [-0.2, 0) is 16.6 Å². The Kier molecular flexibility index (Phi) is 5.23. The topological polar surface area (TPSA) is 58.9 Å². The lowest BCUT2D eigenvalue weighted by Crippen LogP contribution is -3.00. The van der Waals surface area contributed by atoms with Crippen molar-refractivity contribution in [3.05, 3.63) is 23.3 Å². The highest BCUT2D eigenvalue weighted by Crippen LogP contribution is 2.78. The third kappa shape index (κ3) is 2.69. The molecule has 2 heterocycles. The zero-order valence-electron chi connectivity index (χ0n) is 22.9. The van der Waals surface area contributed by atoms with Crippen molar-refractivity contribution in [1.29, 1.82) is 0 Å². The van der Waals surface area contributed by atoms with E-state index >= 15 is 0 Å². The minimum Gasteiger partial charge on any atom is -1.00 e. The van der Waals surface area contributed by atoms with Gasteiger partial charge in [0.25, 0.3) is 0 Å². The van der Waals surface area contributed by atoms with Gasteiger partial charge in [0.2, 0.25) is 0 Å². The molecule has 5 aliphatic carbocycles. The highest BCUT2D eigenvalue weighted by molar-refractivity contribution is 5.63. The molecule has 4 saturated carbocycles. The van der Waals surface area contributed by atoms with E-state index in [2.05, 4.69) is 33.9 Å². The van der Waals surface area contributed by atoms with Crippen molar-refractivity contribution in [3.63, 3.8) is 0 Å². The quantitative estimate of drug-likeness (QED) is 0.402. The SMILES string of the molecule is CO[C@]12CC[C@@]3(C[C@@H]1[C@](C)(O)C(C)(C)C)[C@H]1Cc4ccc(O)c5c4[C@@]3(CC[N+]1(C)CC1CC1)[C@H]2O5.[I-]. The number of phenolic OH excluding ortho intramolecular Hbond substituents is 1. The number of benzene rings is 1. The molecule has 2 aliphatic heterocycles. The number of likely N-dealkylation sites (tertiary alicyclic amines) is 1. The first kappa shape index (κ1) is 25.7. The maximum absolute atomic E-state index is 12.3. The first-order valence-corrected chi connectivity index (χ1v) is 14.0. The Bertz CT molecular complexity index is 1110. The number of ether oxygens (including phenoxy) is 2. The lowest BCUT2D eigenvalue weighted by atomic mass is 9.33. The van der Waals surface area contributed by atoms with Gasteiger partial charge in [-0.05, 0) is 56.1 Å². The molecule has 1 unspecified atom stereocenters. The molecule has 5 fully saturated rings. The molecule has 2 spiro atoms. The Labute approximate surface area is 233 Å². The van der Waals surface area contributed by atoms with Gasteiger partial charge in [-0.25, -0.2) is 0 Å². The Balaban J connectivity index is 0.00000240. The summed E-state index contributed by atoms with van der Waals surface area (Å²) in [5, 5.41) is 23.3. The number of fused-ring (bicyclic) bond motifs is 2. The van der Waals surface area contributed by atoms with Gasteiger partial charge in [0.05, 0.1) is 37.2 Å². The van der Waals surface area contributed by atoms with Gasteiger partial charge in [-0.15, -0.1) is 0 Å². The van der Waals surface area contributed by atoms with Crippen LogP contribution in [0.3, 0.4) is 0 Å². The van der Waals surface area contributed by atoms with Gasteiger partial charge < -0.3 is 48.1 Å². The van der Waals surface area contributed by atoms with Crippen LogP contribution in [0.1, 0.15) is 77.3 Å². The van der Waals surface area contributed by atoms with E-state index in [4.69, 9.17) is 9.47 Å². The number of piperidine rings is 1. The van der Waals surface area contributed by atoms with Crippen molar-refractivity contribution in [3.8, 4) is 11.5 Å². The zero-order valence-corrected chi connectivity index (χ0v) is 25.0. The summed E-state index contributed by atoms with van der Waals surface area (Å²) in [6.07, 6.45) is 7.74. The van der Waals surface area contributed by atoms with Gasteiger partial charge in [-0.3, -0.25) is 0 Å². The molecule has 1 aromatic carbocycles. The van der Waals surface area contributed by atoms with Gasteiger partial charge in [0, 0.05) is 42.8 Å². The van der Waals surface area contributed by atoms with E-state index < -0.39 is 11.2 Å². The first-order valence-electron chi connectivity index (χ1n) is 14.0. The monoisotopic (exact) mass is 609 g/mol. The smallest absolute Gasteiger partial charge is 0.165 e. The summed E-state index contributed by atoms with van der Waals surface area (Å²) in [5.41, 5.74) is 0.817. The third-order valence-electron chi connectivity index (χ3n) is 12.6. The van der Waals surface area contributed by atoms with E-state index in [-0.39, 0.29) is 58.0 Å². The number of methoxy groups -OCH3 is 1. The van der Waals surface area contributed by atoms with Crippen LogP contribution in [0.4, 0.5) is 0 Å². The molecule has 36 heavy (non-hydrogen) atoms. The van der Waals surface area contributed by atoms with Gasteiger partial charge in [0.15, 0.2) is 11.5 Å². The normalized spacial score (nSPS) is 45.4. The van der Waals surface area contributed by atoms with Crippen molar-refractivity contribution in [2.24, 2.45) is 22.7 Å². The maximum atomic E-state index is 12.3. The minimum atomic E-state index is -0.910. The number of quaternary nitrogens is 1. The van der Waals surface area contributed by atoms with Gasteiger partial charge in [-0.2, -0.15) is 0 Å². The molecule has 2 N–H and O–H groups in total. The molecule has 4 bridgehead atoms. The first-order chi connectivity index (χ1) is 16.4. The van der Waals surface area contributed by atoms with E-state index in [0.717, 1.165) is 49.0 Å². The molecule has 8 atom stereocenters. The number of nitrogens with zero attached hydrogens (tertiary/aromatic N) is 1. The average Bonchev–Trinajstić information content (AvgIpc) is 3.52. The fraction of sp³-hybridized carbons (Fsp3) is 0.800. The number of hydrogen-bond donors (Lipinski definition) is 2. The summed E-state index contributed by atoms with van der Waals surface area (Å²) >= 11 is 0. The summed E-state index contributed by atoms with van der Waals surface area (Å²) in [5.74, 6) is 1.83. The van der Waals surface area contributed by atoms with Crippen LogP contribution in [0.25, 0.3) is 0 Å². The lowest BCUT2D eigenvalue weighted by molar-refractivity contribution is -0.952. The fourth-order valence-electron chi connectivity index (χ4n) is 10.3. The summed E-state index contributed by atoms with van der Waals surface area (Å²) in [4.78, 5) is 0. The largest absolute Gasteiger partial charge is 1.00 e. The van der Waals surface area contributed by atoms with E-state index in [9.17, 15) is 10.2 Å². The summed E-state index contributed by atoms with van der Waals surface area (Å²) in [6, 6.07) is 4.55. The number of rotatable bonds is 4. The second-order valence-corrected chi connectivity index (χ2v) is 14.7. The van der Waals surface area contributed by atoms with Crippen LogP contribution in [0.15, 0.2) is 12.1 Å². The Morgan fingerprint density at radius 2 is 1.86 bits per heavy atom. The van der Waals surface area contributed by atoms with E-state index in [1.807, 2.05) is 20.1 Å². The molecule has 0 aromatic heterocycles. The van der Waals surface area contributed by atoms with Crippen molar-refractivity contribution >= 4 is 0 Å². The molecule has 0 amide bonds. The van der Waals surface area contributed by atoms with E-state index in [1.54, 1.807) is 0 Å². The maximum Gasteiger partial charge on any atom is 0.165 e. The molecule has 5 nitrogen and oxygen atoms in total. The van der Waals surface area contributed by atoms with Crippen LogP contribution in [0.2, 0.25) is 0 Å². The van der Waals surface area contributed by atoms with E-state index in [1.165, 1.54) is 30.5 Å². The summed E-state index contributed by atoms with van der Waals surface area (Å²) in [7, 11) is 4.37. The van der Waals surface area contributed by atoms with Crippen molar-refractivity contribution in [2.75, 3.05) is 27.2 Å². The molecular formula is C30H44INO4. The van der Waals surface area contributed by atoms with Crippen LogP contribution < -0.4 is 28.7 Å². The standard InChI is InChI=1S/C30H43NO4.HI/c1-26(2,3)27(4,33)21-16-28-11-12-30(21,34-6)25-29(28)13-14-31(5,17-18-7-8-18)22(28)15-19-9-10-20(32)24(35-25)23(19)29;/h9-10,18,21-22,25,33H,7-8,11-17H2,1-6H3;1H/t21-,22-,25-,27+,28-,29+,30-,31?;/m1./s1. The van der Waals surface area contributed by atoms with E-state index in [0.29, 0.717) is 11.8 Å². The number of aliphatic hydroxyl groups is 1. The number of likely N-dealkylation sites (N-methyl/N-ethyl adjacent to an activating group) is 1. The second-order valence-electron chi connectivity index (χ2n) is 14.7. The van der Waals surface area contributed by atoms with Crippen molar-refractivity contribution in [2.45, 2.75) is 101 Å². The number of aromatic hydroxyl groups is 1. The number of hydrogen-bond acceptors (Lipinski definition) is 4. The fourth-order valence-corrected chi connectivity index (χ4v) is 10.3. The van der Waals surface area contributed by atoms with Crippen LogP contribution in [0.5, 0.6) is 11.5 Å². The van der Waals surface area contributed by atoms with Gasteiger partial charge in [0.1, 0.15) is 11.7 Å². The highest BCUT2D eigenvalue weighted by atomic mass is 127. The number of halogens is 1. The molecule has 0 radical (unpaired) electrons.